The third-order valence-electron chi connectivity index (χ3n) is 2.91. The van der Waals surface area contributed by atoms with Crippen molar-refractivity contribution in [1.82, 2.24) is 4.57 Å². The molecule has 2 aromatic rings. The summed E-state index contributed by atoms with van der Waals surface area (Å²) in [7, 11) is 0. The molecule has 0 bridgehead atoms. The van der Waals surface area contributed by atoms with Crippen LogP contribution >= 0.6 is 11.6 Å². The van der Waals surface area contributed by atoms with Crippen LogP contribution in [0.3, 0.4) is 0 Å². The van der Waals surface area contributed by atoms with E-state index < -0.39 is 5.91 Å². The van der Waals surface area contributed by atoms with Crippen molar-refractivity contribution in [2.75, 3.05) is 5.32 Å². The van der Waals surface area contributed by atoms with Gasteiger partial charge in [-0.25, -0.2) is 0 Å². The number of hydrogen-bond donors (Lipinski definition) is 2. The van der Waals surface area contributed by atoms with Crippen LogP contribution in [0.4, 0.5) is 5.69 Å². The molecule has 0 fully saturated rings. The Morgan fingerprint density at radius 2 is 2.21 bits per heavy atom. The van der Waals surface area contributed by atoms with Crippen LogP contribution in [0.25, 0.3) is 0 Å². The van der Waals surface area contributed by atoms with Gasteiger partial charge in [0.2, 0.25) is 5.91 Å². The summed E-state index contributed by atoms with van der Waals surface area (Å²) in [6.45, 7) is 3.76. The third kappa shape index (κ3) is 3.29. The molecule has 0 aliphatic rings. The van der Waals surface area contributed by atoms with E-state index in [-0.39, 0.29) is 0 Å². The fourth-order valence-electron chi connectivity index (χ4n) is 1.82. The van der Waals surface area contributed by atoms with E-state index in [1.54, 1.807) is 18.2 Å². The molecule has 0 radical (unpaired) electrons. The van der Waals surface area contributed by atoms with Crippen molar-refractivity contribution in [3.8, 4) is 0 Å². The SMILES string of the molecule is CCn1ccc(CNc2ccc(C(N)=O)c(Cl)c2)c1. The summed E-state index contributed by atoms with van der Waals surface area (Å²) in [6.07, 6.45) is 4.13. The molecule has 1 heterocycles. The Balaban J connectivity index is 2.03. The van der Waals surface area contributed by atoms with Crippen molar-refractivity contribution in [3.63, 3.8) is 0 Å². The van der Waals surface area contributed by atoms with E-state index in [1.807, 2.05) is 6.20 Å². The average Bonchev–Trinajstić information content (AvgIpc) is 2.84. The van der Waals surface area contributed by atoms with E-state index in [0.717, 1.165) is 12.2 Å². The molecule has 2 rings (SSSR count). The lowest BCUT2D eigenvalue weighted by atomic mass is 10.2. The van der Waals surface area contributed by atoms with Crippen LogP contribution < -0.4 is 11.1 Å². The maximum Gasteiger partial charge on any atom is 0.250 e. The van der Waals surface area contributed by atoms with Gasteiger partial charge in [0.1, 0.15) is 0 Å². The van der Waals surface area contributed by atoms with Crippen LogP contribution in [-0.4, -0.2) is 10.5 Å². The topological polar surface area (TPSA) is 60.1 Å². The fourth-order valence-corrected chi connectivity index (χ4v) is 2.09. The first kappa shape index (κ1) is 13.5. The predicted octanol–water partition coefficient (Wildman–Crippen LogP) is 2.87. The van der Waals surface area contributed by atoms with Crippen LogP contribution in [0.1, 0.15) is 22.8 Å². The molecular weight excluding hydrogens is 262 g/mol. The quantitative estimate of drug-likeness (QED) is 0.883. The first-order valence-corrected chi connectivity index (χ1v) is 6.46. The van der Waals surface area contributed by atoms with Gasteiger partial charge in [0.05, 0.1) is 10.6 Å². The molecule has 0 unspecified atom stereocenters. The molecule has 4 nitrogen and oxygen atoms in total. The second-order valence-electron chi connectivity index (χ2n) is 4.26. The van der Waals surface area contributed by atoms with Gasteiger partial charge in [-0.2, -0.15) is 0 Å². The highest BCUT2D eigenvalue weighted by Gasteiger charge is 2.06. The molecule has 0 aliphatic carbocycles. The van der Waals surface area contributed by atoms with Gasteiger partial charge in [-0.05, 0) is 36.8 Å². The predicted molar refractivity (Wildman–Crippen MR) is 77.4 cm³/mol. The van der Waals surface area contributed by atoms with Gasteiger partial charge in [0.15, 0.2) is 0 Å². The summed E-state index contributed by atoms with van der Waals surface area (Å²) in [4.78, 5) is 11.1. The summed E-state index contributed by atoms with van der Waals surface area (Å²) in [6, 6.07) is 7.20. The van der Waals surface area contributed by atoms with Crippen molar-refractivity contribution in [2.24, 2.45) is 5.73 Å². The maximum atomic E-state index is 11.1. The van der Waals surface area contributed by atoms with Crippen molar-refractivity contribution in [2.45, 2.75) is 20.0 Å². The zero-order valence-corrected chi connectivity index (χ0v) is 11.4. The lowest BCUT2D eigenvalue weighted by molar-refractivity contribution is 0.100. The number of benzene rings is 1. The molecule has 5 heteroatoms. The Bertz CT molecular complexity index is 592. The van der Waals surface area contributed by atoms with E-state index in [4.69, 9.17) is 17.3 Å². The second-order valence-corrected chi connectivity index (χ2v) is 4.67. The van der Waals surface area contributed by atoms with E-state index in [2.05, 4.69) is 29.1 Å². The largest absolute Gasteiger partial charge is 0.381 e. The highest BCUT2D eigenvalue weighted by atomic mass is 35.5. The zero-order valence-electron chi connectivity index (χ0n) is 10.7. The standard InChI is InChI=1S/C14H16ClN3O/c1-2-18-6-5-10(9-18)8-17-11-3-4-12(14(16)19)13(15)7-11/h3-7,9,17H,2,8H2,1H3,(H2,16,19). The van der Waals surface area contributed by atoms with Crippen molar-refractivity contribution >= 4 is 23.2 Å². The Kier molecular flexibility index (Phi) is 4.12. The number of aromatic nitrogens is 1. The highest BCUT2D eigenvalue weighted by molar-refractivity contribution is 6.34. The van der Waals surface area contributed by atoms with Crippen molar-refractivity contribution in [3.05, 3.63) is 52.8 Å². The van der Waals surface area contributed by atoms with Crippen molar-refractivity contribution < 1.29 is 4.79 Å². The number of hydrogen-bond acceptors (Lipinski definition) is 2. The number of amides is 1. The van der Waals surface area contributed by atoms with Gasteiger partial charge in [0.25, 0.3) is 0 Å². The number of primary amides is 1. The Morgan fingerprint density at radius 1 is 1.42 bits per heavy atom. The summed E-state index contributed by atoms with van der Waals surface area (Å²) in [5.41, 5.74) is 7.59. The third-order valence-corrected chi connectivity index (χ3v) is 3.22. The van der Waals surface area contributed by atoms with Gasteiger partial charge < -0.3 is 15.6 Å². The normalized spacial score (nSPS) is 10.4. The Labute approximate surface area is 117 Å². The number of aryl methyl sites for hydroxylation is 1. The summed E-state index contributed by atoms with van der Waals surface area (Å²) >= 11 is 5.99. The highest BCUT2D eigenvalue weighted by Crippen LogP contribution is 2.21. The lowest BCUT2D eigenvalue weighted by Gasteiger charge is -2.07. The van der Waals surface area contributed by atoms with Crippen LogP contribution in [-0.2, 0) is 13.1 Å². The zero-order chi connectivity index (χ0) is 13.8. The first-order chi connectivity index (χ1) is 9.10. The Hall–Kier alpha value is -1.94. The molecule has 100 valence electrons. The molecule has 0 aliphatic heterocycles. The molecule has 19 heavy (non-hydrogen) atoms. The number of nitrogens with one attached hydrogen (secondary N) is 1. The minimum absolute atomic E-state index is 0.337. The number of anilines is 1. The molecule has 0 saturated carbocycles. The minimum atomic E-state index is -0.517. The molecule has 1 aromatic heterocycles. The number of nitrogens with two attached hydrogens (primary N) is 1. The summed E-state index contributed by atoms with van der Waals surface area (Å²) < 4.78 is 2.11. The lowest BCUT2D eigenvalue weighted by Crippen LogP contribution is -2.11. The van der Waals surface area contributed by atoms with Gasteiger partial charge in [-0.1, -0.05) is 11.6 Å². The maximum absolute atomic E-state index is 11.1. The monoisotopic (exact) mass is 277 g/mol. The Morgan fingerprint density at radius 3 is 2.79 bits per heavy atom. The van der Waals surface area contributed by atoms with E-state index in [1.165, 1.54) is 5.56 Å². The van der Waals surface area contributed by atoms with Gasteiger partial charge in [0, 0.05) is 31.2 Å². The molecule has 0 spiro atoms. The van der Waals surface area contributed by atoms with E-state index >= 15 is 0 Å². The average molecular weight is 278 g/mol. The van der Waals surface area contributed by atoms with E-state index in [0.29, 0.717) is 17.1 Å². The number of nitrogens with zero attached hydrogens (tertiary/aromatic N) is 1. The molecule has 0 atom stereocenters. The van der Waals surface area contributed by atoms with Crippen molar-refractivity contribution in [1.29, 1.82) is 0 Å². The van der Waals surface area contributed by atoms with Gasteiger partial charge in [-0.3, -0.25) is 4.79 Å². The second kappa shape index (κ2) is 5.80. The summed E-state index contributed by atoms with van der Waals surface area (Å²) in [5.74, 6) is -0.517. The number of carbonyl (C=O) groups is 1. The van der Waals surface area contributed by atoms with Gasteiger partial charge >= 0.3 is 0 Å². The number of carbonyl (C=O) groups excluding carboxylic acids is 1. The molecular formula is C14H16ClN3O. The number of rotatable bonds is 5. The molecule has 1 aromatic carbocycles. The van der Waals surface area contributed by atoms with Gasteiger partial charge in [-0.15, -0.1) is 0 Å². The van der Waals surface area contributed by atoms with Crippen LogP contribution in [0.15, 0.2) is 36.7 Å². The van der Waals surface area contributed by atoms with E-state index in [9.17, 15) is 4.79 Å². The van der Waals surface area contributed by atoms with Crippen LogP contribution in [0, 0.1) is 0 Å². The molecule has 1 amide bonds. The molecule has 3 N–H and O–H groups in total. The van der Waals surface area contributed by atoms with Crippen LogP contribution in [0.5, 0.6) is 0 Å². The molecule has 0 saturated heterocycles. The van der Waals surface area contributed by atoms with Crippen LogP contribution in [0.2, 0.25) is 5.02 Å². The first-order valence-electron chi connectivity index (χ1n) is 6.08. The summed E-state index contributed by atoms with van der Waals surface area (Å²) in [5, 5.41) is 3.62. The minimum Gasteiger partial charge on any atom is -0.381 e. The number of halogens is 1. The fraction of sp³-hybridized carbons (Fsp3) is 0.214. The smallest absolute Gasteiger partial charge is 0.250 e.